The summed E-state index contributed by atoms with van der Waals surface area (Å²) in [4.78, 5) is 22.6. The van der Waals surface area contributed by atoms with Gasteiger partial charge in [0.2, 0.25) is 0 Å². The van der Waals surface area contributed by atoms with Gasteiger partial charge in [-0.05, 0) is 11.1 Å². The van der Waals surface area contributed by atoms with Gasteiger partial charge >= 0.3 is 18.0 Å². The number of hydrogen-bond acceptors (Lipinski definition) is 3. The molecular formula is C14H15F3N2O3. The van der Waals surface area contributed by atoms with E-state index in [9.17, 15) is 27.9 Å². The number of hydrogen-bond donors (Lipinski definition) is 3. The molecule has 2 amide bonds. The number of rotatable bonds is 3. The predicted octanol–water partition coefficient (Wildman–Crippen LogP) is 0.311. The van der Waals surface area contributed by atoms with Gasteiger partial charge in [0.15, 0.2) is 0 Å². The molecule has 0 fully saturated rings. The zero-order valence-corrected chi connectivity index (χ0v) is 11.5. The number of amides is 2. The first-order chi connectivity index (χ1) is 10.2. The van der Waals surface area contributed by atoms with E-state index in [2.05, 4.69) is 5.32 Å². The molecule has 0 saturated carbocycles. The third-order valence-corrected chi connectivity index (χ3v) is 3.39. The van der Waals surface area contributed by atoms with Gasteiger partial charge in [0, 0.05) is 19.4 Å². The summed E-state index contributed by atoms with van der Waals surface area (Å²) in [6.45, 7) is -1.78. The van der Waals surface area contributed by atoms with Crippen LogP contribution in [-0.2, 0) is 22.4 Å². The minimum absolute atomic E-state index is 0.208. The van der Waals surface area contributed by atoms with Crippen molar-refractivity contribution in [3.63, 3.8) is 0 Å². The van der Waals surface area contributed by atoms with Crippen LogP contribution in [0.1, 0.15) is 11.1 Å². The van der Waals surface area contributed by atoms with E-state index in [1.807, 2.05) is 24.3 Å². The second-order valence-electron chi connectivity index (χ2n) is 5.33. The van der Waals surface area contributed by atoms with E-state index in [1.54, 1.807) is 0 Å². The van der Waals surface area contributed by atoms with E-state index < -0.39 is 30.1 Å². The number of carbonyl (C=O) groups excluding carboxylic acids is 2. The van der Waals surface area contributed by atoms with Crippen LogP contribution in [0, 0.1) is 0 Å². The first-order valence-electron chi connectivity index (χ1n) is 6.60. The maximum atomic E-state index is 11.9. The number of carbonyl (C=O) groups is 2. The Labute approximate surface area is 124 Å². The molecule has 3 N–H and O–H groups in total. The van der Waals surface area contributed by atoms with Crippen molar-refractivity contribution in [1.29, 1.82) is 0 Å². The SMILES string of the molecule is O=C(NCC(F)(F)F)C(=O)NCC1(O)Cc2ccccc2C1. The van der Waals surface area contributed by atoms with Gasteiger partial charge in [-0.1, -0.05) is 24.3 Å². The Morgan fingerprint density at radius 3 is 2.09 bits per heavy atom. The highest BCUT2D eigenvalue weighted by Gasteiger charge is 2.36. The van der Waals surface area contributed by atoms with Crippen LogP contribution in [0.2, 0.25) is 0 Å². The summed E-state index contributed by atoms with van der Waals surface area (Å²) >= 11 is 0. The van der Waals surface area contributed by atoms with Crippen LogP contribution in [0.25, 0.3) is 0 Å². The second-order valence-corrected chi connectivity index (χ2v) is 5.33. The minimum Gasteiger partial charge on any atom is -0.387 e. The molecule has 0 radical (unpaired) electrons. The lowest BCUT2D eigenvalue weighted by molar-refractivity contribution is -0.146. The minimum atomic E-state index is -4.58. The molecule has 0 aliphatic heterocycles. The maximum Gasteiger partial charge on any atom is 0.405 e. The van der Waals surface area contributed by atoms with E-state index in [0.29, 0.717) is 12.8 Å². The third-order valence-electron chi connectivity index (χ3n) is 3.39. The lowest BCUT2D eigenvalue weighted by Gasteiger charge is -2.22. The fourth-order valence-corrected chi connectivity index (χ4v) is 2.38. The fraction of sp³-hybridized carbons (Fsp3) is 0.429. The lowest BCUT2D eigenvalue weighted by Crippen LogP contribution is -2.49. The van der Waals surface area contributed by atoms with Crippen LogP contribution in [0.4, 0.5) is 13.2 Å². The average molecular weight is 316 g/mol. The molecule has 0 heterocycles. The van der Waals surface area contributed by atoms with E-state index >= 15 is 0 Å². The van der Waals surface area contributed by atoms with Gasteiger partial charge in [-0.2, -0.15) is 13.2 Å². The first-order valence-corrected chi connectivity index (χ1v) is 6.60. The number of alkyl halides is 3. The Morgan fingerprint density at radius 2 is 1.59 bits per heavy atom. The molecule has 0 aromatic heterocycles. The molecule has 2 rings (SSSR count). The van der Waals surface area contributed by atoms with E-state index in [0.717, 1.165) is 11.1 Å². The average Bonchev–Trinajstić information content (AvgIpc) is 2.78. The van der Waals surface area contributed by atoms with Crippen LogP contribution >= 0.6 is 0 Å². The van der Waals surface area contributed by atoms with Crippen molar-refractivity contribution in [3.05, 3.63) is 35.4 Å². The highest BCUT2D eigenvalue weighted by atomic mass is 19.4. The highest BCUT2D eigenvalue weighted by molar-refractivity contribution is 6.35. The topological polar surface area (TPSA) is 78.4 Å². The predicted molar refractivity (Wildman–Crippen MR) is 70.9 cm³/mol. The maximum absolute atomic E-state index is 11.9. The van der Waals surface area contributed by atoms with Gasteiger partial charge in [0.05, 0.1) is 5.60 Å². The largest absolute Gasteiger partial charge is 0.405 e. The molecule has 1 aliphatic carbocycles. The second kappa shape index (κ2) is 5.96. The van der Waals surface area contributed by atoms with E-state index in [4.69, 9.17) is 0 Å². The molecule has 0 bridgehead atoms. The van der Waals surface area contributed by atoms with Gasteiger partial charge in [-0.3, -0.25) is 9.59 Å². The van der Waals surface area contributed by atoms with Crippen molar-refractivity contribution in [3.8, 4) is 0 Å². The van der Waals surface area contributed by atoms with Gasteiger partial charge in [-0.15, -0.1) is 0 Å². The Kier molecular flexibility index (Phi) is 4.41. The van der Waals surface area contributed by atoms with Crippen molar-refractivity contribution >= 4 is 11.8 Å². The molecule has 1 aromatic carbocycles. The Bertz CT molecular complexity index is 562. The molecule has 1 aromatic rings. The van der Waals surface area contributed by atoms with Crippen molar-refractivity contribution in [2.45, 2.75) is 24.6 Å². The molecule has 120 valence electrons. The van der Waals surface area contributed by atoms with Crippen molar-refractivity contribution in [1.82, 2.24) is 10.6 Å². The van der Waals surface area contributed by atoms with Crippen molar-refractivity contribution < 1.29 is 27.9 Å². The molecule has 8 heteroatoms. The number of halogens is 3. The third kappa shape index (κ3) is 4.20. The normalized spacial score (nSPS) is 16.0. The Hall–Kier alpha value is -2.09. The molecule has 22 heavy (non-hydrogen) atoms. The van der Waals surface area contributed by atoms with E-state index in [1.165, 1.54) is 5.32 Å². The fourth-order valence-electron chi connectivity index (χ4n) is 2.38. The number of nitrogens with one attached hydrogen (secondary N) is 2. The van der Waals surface area contributed by atoms with Gasteiger partial charge in [0.1, 0.15) is 6.54 Å². The Morgan fingerprint density at radius 1 is 1.09 bits per heavy atom. The van der Waals surface area contributed by atoms with Crippen LogP contribution in [0.5, 0.6) is 0 Å². The molecule has 5 nitrogen and oxygen atoms in total. The monoisotopic (exact) mass is 316 g/mol. The van der Waals surface area contributed by atoms with Gasteiger partial charge in [-0.25, -0.2) is 0 Å². The Balaban J connectivity index is 1.83. The standard InChI is InChI=1S/C14H15F3N2O3/c15-14(16,17)8-19-12(21)11(20)18-7-13(22)5-9-3-1-2-4-10(9)6-13/h1-4,22H,5-8H2,(H,18,20)(H,19,21). The summed E-state index contributed by atoms with van der Waals surface area (Å²) in [7, 11) is 0. The summed E-state index contributed by atoms with van der Waals surface area (Å²) in [6, 6.07) is 7.36. The summed E-state index contributed by atoms with van der Waals surface area (Å²) in [5.41, 5.74) is 0.658. The summed E-state index contributed by atoms with van der Waals surface area (Å²) < 4.78 is 35.8. The zero-order valence-electron chi connectivity index (χ0n) is 11.5. The van der Waals surface area contributed by atoms with Crippen LogP contribution < -0.4 is 10.6 Å². The number of fused-ring (bicyclic) bond motifs is 1. The summed E-state index contributed by atoms with van der Waals surface area (Å²) in [5, 5.41) is 14.0. The number of benzene rings is 1. The van der Waals surface area contributed by atoms with Crippen molar-refractivity contribution in [2.24, 2.45) is 0 Å². The molecule has 1 aliphatic rings. The molecular weight excluding hydrogens is 301 g/mol. The summed E-state index contributed by atoms with van der Waals surface area (Å²) in [6.07, 6.45) is -3.96. The smallest absolute Gasteiger partial charge is 0.387 e. The van der Waals surface area contributed by atoms with Crippen molar-refractivity contribution in [2.75, 3.05) is 13.1 Å². The molecule has 0 atom stereocenters. The van der Waals surface area contributed by atoms with Crippen LogP contribution in [0.3, 0.4) is 0 Å². The van der Waals surface area contributed by atoms with Crippen LogP contribution in [0.15, 0.2) is 24.3 Å². The molecule has 0 unspecified atom stereocenters. The lowest BCUT2D eigenvalue weighted by atomic mass is 10.0. The van der Waals surface area contributed by atoms with E-state index in [-0.39, 0.29) is 6.54 Å². The zero-order chi connectivity index (χ0) is 16.4. The van der Waals surface area contributed by atoms with Gasteiger partial charge < -0.3 is 15.7 Å². The molecule has 0 spiro atoms. The highest BCUT2D eigenvalue weighted by Crippen LogP contribution is 2.29. The first kappa shape index (κ1) is 16.3. The number of aliphatic hydroxyl groups is 1. The van der Waals surface area contributed by atoms with Gasteiger partial charge in [0.25, 0.3) is 0 Å². The quantitative estimate of drug-likeness (QED) is 0.702. The molecule has 0 saturated heterocycles. The summed E-state index contributed by atoms with van der Waals surface area (Å²) in [5.74, 6) is -2.58. The van der Waals surface area contributed by atoms with Crippen LogP contribution in [-0.4, -0.2) is 41.8 Å².